The van der Waals surface area contributed by atoms with Gasteiger partial charge in [-0.25, -0.2) is 9.18 Å². The standard InChI is InChI=1S/C37H43FN2O11/c1-6-23-18-26(19-24(7-2)34(23)50-22-47-4)35(42)39-28-20-25(36(43)51-40(37(44)45)16-10-8-9-11-17-40)12-13-27(28)33(41)31-29(49-21-46-3)14-15-30(48-5)32(31)38/h12-15,18-20H,6-11,16-17,21-22H2,1-5H3,(H-,39,41,42,44,45). The Balaban J connectivity index is 1.83. The van der Waals surface area contributed by atoms with Gasteiger partial charge in [-0.05, 0) is 79.3 Å². The molecule has 2 amide bonds. The van der Waals surface area contributed by atoms with E-state index in [0.717, 1.165) is 24.0 Å². The molecule has 13 nitrogen and oxygen atoms in total. The van der Waals surface area contributed by atoms with Gasteiger partial charge >= 0.3 is 12.1 Å². The third-order valence-electron chi connectivity index (χ3n) is 8.56. The lowest BCUT2D eigenvalue weighted by molar-refractivity contribution is -1.04. The molecule has 0 atom stereocenters. The quantitative estimate of drug-likeness (QED) is 0.133. The summed E-state index contributed by atoms with van der Waals surface area (Å²) in [5.41, 5.74) is 0.630. The van der Waals surface area contributed by atoms with Crippen LogP contribution < -0.4 is 24.6 Å². The third kappa shape index (κ3) is 8.82. The molecule has 0 unspecified atom stereocenters. The number of ketones is 1. The molecule has 0 aromatic heterocycles. The summed E-state index contributed by atoms with van der Waals surface area (Å²) in [5.74, 6) is -3.41. The molecule has 14 heteroatoms. The van der Waals surface area contributed by atoms with Crippen molar-refractivity contribution in [2.75, 3.05) is 53.3 Å². The van der Waals surface area contributed by atoms with Gasteiger partial charge in [0.2, 0.25) is 5.78 Å². The van der Waals surface area contributed by atoms with Crippen molar-refractivity contribution in [1.29, 1.82) is 0 Å². The van der Waals surface area contributed by atoms with Crippen LogP contribution in [-0.2, 0) is 27.2 Å². The minimum atomic E-state index is -1.56. The topological polar surface area (TPSA) is 159 Å². The van der Waals surface area contributed by atoms with E-state index < -0.39 is 39.8 Å². The van der Waals surface area contributed by atoms with Crippen molar-refractivity contribution in [3.8, 4) is 17.2 Å². The molecule has 1 aliphatic heterocycles. The monoisotopic (exact) mass is 710 g/mol. The molecule has 4 rings (SSSR count). The predicted octanol–water partition coefficient (Wildman–Crippen LogP) is 5.21. The molecular weight excluding hydrogens is 667 g/mol. The van der Waals surface area contributed by atoms with E-state index in [1.807, 2.05) is 13.8 Å². The summed E-state index contributed by atoms with van der Waals surface area (Å²) in [4.78, 5) is 59.4. The van der Waals surface area contributed by atoms with Crippen LogP contribution in [0.5, 0.6) is 17.2 Å². The first kappa shape index (κ1) is 38.7. The van der Waals surface area contributed by atoms with Crippen LogP contribution >= 0.6 is 0 Å². The van der Waals surface area contributed by atoms with E-state index >= 15 is 4.39 Å². The number of quaternary nitrogens is 1. The highest BCUT2D eigenvalue weighted by Gasteiger charge is 2.38. The van der Waals surface area contributed by atoms with Crippen molar-refractivity contribution in [3.05, 3.63) is 81.7 Å². The number of carboxylic acid groups (broad SMARTS) is 1. The number of nitrogens with zero attached hydrogens (tertiary/aromatic N) is 1. The Morgan fingerprint density at radius 2 is 1.41 bits per heavy atom. The fourth-order valence-corrected chi connectivity index (χ4v) is 5.89. The van der Waals surface area contributed by atoms with Gasteiger partial charge in [-0.1, -0.05) is 18.5 Å². The lowest BCUT2D eigenvalue weighted by Gasteiger charge is -2.32. The van der Waals surface area contributed by atoms with Gasteiger partial charge in [-0.15, -0.1) is 0 Å². The Hall–Kier alpha value is -5.05. The van der Waals surface area contributed by atoms with E-state index in [4.69, 9.17) is 28.5 Å². The van der Waals surface area contributed by atoms with Crippen LogP contribution in [0, 0.1) is 5.82 Å². The highest BCUT2D eigenvalue weighted by atomic mass is 19.1. The fourth-order valence-electron chi connectivity index (χ4n) is 5.89. The molecule has 1 saturated heterocycles. The van der Waals surface area contributed by atoms with Gasteiger partial charge in [0.25, 0.3) is 5.91 Å². The van der Waals surface area contributed by atoms with Crippen molar-refractivity contribution in [3.63, 3.8) is 0 Å². The zero-order valence-corrected chi connectivity index (χ0v) is 29.4. The van der Waals surface area contributed by atoms with Crippen LogP contribution in [0.2, 0.25) is 0 Å². The highest BCUT2D eigenvalue weighted by molar-refractivity contribution is 6.17. The van der Waals surface area contributed by atoms with Crippen LogP contribution in [-0.4, -0.2) is 76.4 Å². The first-order valence-electron chi connectivity index (χ1n) is 16.6. The number of carbonyl (C=O) groups excluding carboxylic acids is 4. The summed E-state index contributed by atoms with van der Waals surface area (Å²) in [5, 5.41) is 15.0. The Morgan fingerprint density at radius 3 is 1.98 bits per heavy atom. The largest absolute Gasteiger partial charge is 0.495 e. The van der Waals surface area contributed by atoms with Crippen molar-refractivity contribution in [1.82, 2.24) is 0 Å². The van der Waals surface area contributed by atoms with Gasteiger partial charge < -0.3 is 38.9 Å². The Morgan fingerprint density at radius 1 is 0.804 bits per heavy atom. The summed E-state index contributed by atoms with van der Waals surface area (Å²) in [6.07, 6.45) is 2.04. The number of aryl methyl sites for hydroxylation is 2. The molecule has 3 aromatic rings. The van der Waals surface area contributed by atoms with E-state index in [2.05, 4.69) is 5.32 Å². The summed E-state index contributed by atoms with van der Waals surface area (Å²) >= 11 is 0. The number of hydrogen-bond acceptors (Lipinski definition) is 11. The third-order valence-corrected chi connectivity index (χ3v) is 8.56. The number of benzene rings is 3. The summed E-state index contributed by atoms with van der Waals surface area (Å²) in [6.45, 7) is 3.56. The van der Waals surface area contributed by atoms with Crippen molar-refractivity contribution >= 4 is 29.4 Å². The Kier molecular flexibility index (Phi) is 13.5. The maximum absolute atomic E-state index is 15.8. The number of ether oxygens (including phenoxy) is 5. The number of anilines is 1. The molecular formula is C37H43FN2O11. The van der Waals surface area contributed by atoms with Crippen molar-refractivity contribution in [2.45, 2.75) is 52.4 Å². The minimum Gasteiger partial charge on any atom is -0.495 e. The summed E-state index contributed by atoms with van der Waals surface area (Å²) < 4.78 is 41.2. The average molecular weight is 711 g/mol. The lowest BCUT2D eigenvalue weighted by Crippen LogP contribution is -2.59. The second-order valence-electron chi connectivity index (χ2n) is 11.8. The van der Waals surface area contributed by atoms with E-state index in [-0.39, 0.29) is 60.6 Å². The SMILES string of the molecule is CCc1cc(C(=O)Nc2cc(C(=O)O[N+]3(C(=O)[O-])CCCCCC3)ccc2C(=O)c2c(OCOC)ccc(OC)c2F)cc(CC)c1OCOC. The molecule has 0 bridgehead atoms. The second kappa shape index (κ2) is 17.7. The molecule has 1 heterocycles. The minimum absolute atomic E-state index is 0.00869. The van der Waals surface area contributed by atoms with Gasteiger partial charge in [-0.3, -0.25) is 14.4 Å². The fraction of sp³-hybridized carbons (Fsp3) is 0.405. The highest BCUT2D eigenvalue weighted by Crippen LogP contribution is 2.34. The molecule has 1 fully saturated rings. The average Bonchev–Trinajstić information content (AvgIpc) is 3.38. The van der Waals surface area contributed by atoms with Crippen LogP contribution in [0.4, 0.5) is 14.9 Å². The molecule has 0 spiro atoms. The Labute approximate surface area is 295 Å². The van der Waals surface area contributed by atoms with E-state index in [0.29, 0.717) is 31.4 Å². The molecule has 3 aromatic carbocycles. The zero-order valence-electron chi connectivity index (χ0n) is 29.4. The van der Waals surface area contributed by atoms with Crippen LogP contribution in [0.15, 0.2) is 42.5 Å². The Bertz CT molecular complexity index is 1730. The number of nitrogens with one attached hydrogen (secondary N) is 1. The summed E-state index contributed by atoms with van der Waals surface area (Å²) in [6, 6.07) is 9.55. The molecule has 274 valence electrons. The molecule has 51 heavy (non-hydrogen) atoms. The van der Waals surface area contributed by atoms with E-state index in [1.165, 1.54) is 51.7 Å². The van der Waals surface area contributed by atoms with Gasteiger partial charge in [0.1, 0.15) is 30.2 Å². The van der Waals surface area contributed by atoms with E-state index in [9.17, 15) is 24.3 Å². The van der Waals surface area contributed by atoms with Crippen LogP contribution in [0.25, 0.3) is 0 Å². The number of methoxy groups -OCH3 is 3. The van der Waals surface area contributed by atoms with Gasteiger partial charge in [0.15, 0.2) is 25.2 Å². The first-order valence-corrected chi connectivity index (χ1v) is 16.6. The maximum atomic E-state index is 15.8. The van der Waals surface area contributed by atoms with Crippen LogP contribution in [0.1, 0.15) is 87.3 Å². The van der Waals surface area contributed by atoms with Gasteiger partial charge in [-0.2, -0.15) is 0 Å². The number of rotatable bonds is 14. The molecule has 0 saturated carbocycles. The molecule has 1 N–H and O–H groups in total. The number of hydrogen-bond donors (Lipinski definition) is 1. The maximum Gasteiger partial charge on any atom is 0.398 e. The van der Waals surface area contributed by atoms with Gasteiger partial charge in [0.05, 0.1) is 18.4 Å². The number of likely N-dealkylation sites (tertiary alicyclic amines) is 1. The number of carbonyl (C=O) groups is 4. The first-order chi connectivity index (χ1) is 24.5. The van der Waals surface area contributed by atoms with Crippen molar-refractivity contribution in [2.24, 2.45) is 0 Å². The van der Waals surface area contributed by atoms with Crippen LogP contribution in [0.3, 0.4) is 0 Å². The van der Waals surface area contributed by atoms with E-state index in [1.54, 1.807) is 12.1 Å². The second-order valence-corrected chi connectivity index (χ2v) is 11.8. The normalized spacial score (nSPS) is 13.8. The molecule has 1 aliphatic rings. The number of hydroxylamine groups is 3. The number of halogens is 1. The number of amides is 2. The van der Waals surface area contributed by atoms with Gasteiger partial charge in [0, 0.05) is 38.2 Å². The molecule has 0 aliphatic carbocycles. The summed E-state index contributed by atoms with van der Waals surface area (Å²) in [7, 11) is 4.09. The zero-order chi connectivity index (χ0) is 37.1. The van der Waals surface area contributed by atoms with Crippen molar-refractivity contribution < 1.29 is 61.8 Å². The molecule has 0 radical (unpaired) electrons. The predicted molar refractivity (Wildman–Crippen MR) is 180 cm³/mol. The smallest absolute Gasteiger partial charge is 0.398 e. The lowest BCUT2D eigenvalue weighted by atomic mass is 9.97.